The molecule has 48 heavy (non-hydrogen) atoms. The van der Waals surface area contributed by atoms with Gasteiger partial charge in [-0.2, -0.15) is 0 Å². The summed E-state index contributed by atoms with van der Waals surface area (Å²) in [5.41, 5.74) is 5.80. The lowest BCUT2D eigenvalue weighted by Gasteiger charge is -2.25. The smallest absolute Gasteiger partial charge is 0.410 e. The van der Waals surface area contributed by atoms with E-state index in [0.717, 1.165) is 28.7 Å². The van der Waals surface area contributed by atoms with E-state index in [4.69, 9.17) is 25.8 Å². The average Bonchev–Trinajstić information content (AvgIpc) is 3.47. The van der Waals surface area contributed by atoms with Crippen molar-refractivity contribution in [1.82, 2.24) is 5.32 Å². The number of alkyl carbamates (subject to hydrolysis) is 1. The number of hydrogen-bond acceptors (Lipinski definition) is 7. The second-order valence-corrected chi connectivity index (χ2v) is 11.4. The van der Waals surface area contributed by atoms with Gasteiger partial charge in [0.1, 0.15) is 12.4 Å². The third-order valence-corrected chi connectivity index (χ3v) is 8.05. The van der Waals surface area contributed by atoms with E-state index in [1.54, 1.807) is 48.5 Å². The SMILES string of the molecule is O=C(NC(OC(=O)c1ccc(C(=O)c2ccccc2)cc1Cl)C(Oc1ccccc1)C(=O)O)OCc1ccc2c(c1)Cc1ccccc1-2. The molecule has 240 valence electrons. The lowest BCUT2D eigenvalue weighted by Crippen LogP contribution is -2.52. The highest BCUT2D eigenvalue weighted by Crippen LogP contribution is 2.36. The maximum atomic E-state index is 13.3. The molecule has 5 aromatic rings. The maximum absolute atomic E-state index is 13.3. The lowest BCUT2D eigenvalue weighted by atomic mass is 10.0. The number of carboxylic acids is 1. The molecule has 0 fully saturated rings. The number of halogens is 1. The molecule has 0 aromatic heterocycles. The number of carbonyl (C=O) groups is 4. The number of ketones is 1. The van der Waals surface area contributed by atoms with Gasteiger partial charge in [0.05, 0.1) is 10.6 Å². The zero-order chi connectivity index (χ0) is 33.6. The van der Waals surface area contributed by atoms with Gasteiger partial charge in [-0.1, -0.05) is 109 Å². The fourth-order valence-corrected chi connectivity index (χ4v) is 5.66. The first-order valence-electron chi connectivity index (χ1n) is 14.9. The van der Waals surface area contributed by atoms with Crippen molar-refractivity contribution in [3.8, 4) is 16.9 Å². The van der Waals surface area contributed by atoms with Gasteiger partial charge in [0, 0.05) is 11.1 Å². The van der Waals surface area contributed by atoms with Gasteiger partial charge < -0.3 is 19.3 Å². The number of carboxylic acid groups (broad SMARTS) is 1. The van der Waals surface area contributed by atoms with Gasteiger partial charge in [-0.05, 0) is 58.5 Å². The minimum Gasteiger partial charge on any atom is -0.478 e. The van der Waals surface area contributed by atoms with Crippen LogP contribution in [0, 0.1) is 0 Å². The summed E-state index contributed by atoms with van der Waals surface area (Å²) < 4.78 is 16.5. The van der Waals surface area contributed by atoms with Crippen LogP contribution >= 0.6 is 11.6 Å². The van der Waals surface area contributed by atoms with Crippen LogP contribution in [0.3, 0.4) is 0 Å². The number of fused-ring (bicyclic) bond motifs is 3. The van der Waals surface area contributed by atoms with E-state index in [1.165, 1.54) is 35.9 Å². The third-order valence-electron chi connectivity index (χ3n) is 7.73. The molecule has 0 spiro atoms. The number of para-hydroxylation sites is 1. The molecule has 1 amide bonds. The molecule has 6 rings (SSSR count). The quantitative estimate of drug-likeness (QED) is 0.0856. The van der Waals surface area contributed by atoms with E-state index < -0.39 is 30.4 Å². The number of ether oxygens (including phenoxy) is 3. The minimum atomic E-state index is -1.87. The Morgan fingerprint density at radius 2 is 1.44 bits per heavy atom. The van der Waals surface area contributed by atoms with Gasteiger partial charge in [0.2, 0.25) is 6.23 Å². The van der Waals surface area contributed by atoms with Crippen molar-refractivity contribution in [2.45, 2.75) is 25.4 Å². The predicted octanol–water partition coefficient (Wildman–Crippen LogP) is 7.08. The highest BCUT2D eigenvalue weighted by Gasteiger charge is 2.36. The lowest BCUT2D eigenvalue weighted by molar-refractivity contribution is -0.151. The number of benzene rings is 5. The molecular weight excluding hydrogens is 634 g/mol. The number of hydrogen-bond donors (Lipinski definition) is 2. The molecule has 1 aliphatic carbocycles. The van der Waals surface area contributed by atoms with Crippen molar-refractivity contribution in [2.75, 3.05) is 0 Å². The van der Waals surface area contributed by atoms with E-state index in [0.29, 0.717) is 5.56 Å². The summed E-state index contributed by atoms with van der Waals surface area (Å²) in [5, 5.41) is 12.3. The molecule has 2 atom stereocenters. The van der Waals surface area contributed by atoms with Crippen LogP contribution in [0.2, 0.25) is 5.02 Å². The predicted molar refractivity (Wildman–Crippen MR) is 177 cm³/mol. The standard InChI is InChI=1S/C38H28ClNO8/c39-32-21-26(33(41)24-9-3-1-4-10-24)16-18-31(32)37(44)48-35(34(36(42)43)47-28-12-5-2-6-13-28)40-38(45)46-22-23-15-17-30-27(19-23)20-25-11-7-8-14-29(25)30/h1-19,21,34-35H,20,22H2,(H,40,45)(H,42,43). The Bertz CT molecular complexity index is 2000. The fourth-order valence-electron chi connectivity index (χ4n) is 5.41. The highest BCUT2D eigenvalue weighted by atomic mass is 35.5. The molecular formula is C38H28ClNO8. The molecule has 9 nitrogen and oxygen atoms in total. The van der Waals surface area contributed by atoms with Crippen molar-refractivity contribution < 1.29 is 38.5 Å². The Hall–Kier alpha value is -5.93. The zero-order valence-corrected chi connectivity index (χ0v) is 26.1. The molecule has 10 heteroatoms. The number of aliphatic carboxylic acids is 1. The van der Waals surface area contributed by atoms with Gasteiger partial charge in [-0.15, -0.1) is 0 Å². The monoisotopic (exact) mass is 661 g/mol. The highest BCUT2D eigenvalue weighted by molar-refractivity contribution is 6.34. The van der Waals surface area contributed by atoms with Gasteiger partial charge in [0.15, 0.2) is 5.78 Å². The van der Waals surface area contributed by atoms with Crippen LogP contribution in [-0.2, 0) is 27.3 Å². The number of carbonyl (C=O) groups excluding carboxylic acids is 3. The van der Waals surface area contributed by atoms with E-state index in [-0.39, 0.29) is 34.3 Å². The van der Waals surface area contributed by atoms with Gasteiger partial charge in [0.25, 0.3) is 6.10 Å². The van der Waals surface area contributed by atoms with E-state index >= 15 is 0 Å². The number of amides is 1. The molecule has 0 saturated carbocycles. The molecule has 0 aliphatic heterocycles. The fraction of sp³-hybridized carbons (Fsp3) is 0.105. The van der Waals surface area contributed by atoms with Crippen LogP contribution in [0.5, 0.6) is 5.75 Å². The van der Waals surface area contributed by atoms with Crippen LogP contribution in [0.15, 0.2) is 121 Å². The van der Waals surface area contributed by atoms with Crippen LogP contribution in [0.4, 0.5) is 4.79 Å². The molecule has 2 N–H and O–H groups in total. The van der Waals surface area contributed by atoms with Crippen LogP contribution in [0.1, 0.15) is 43.0 Å². The second kappa shape index (κ2) is 14.2. The second-order valence-electron chi connectivity index (χ2n) is 11.0. The Morgan fingerprint density at radius 1 is 0.750 bits per heavy atom. The normalized spacial score (nSPS) is 12.5. The topological polar surface area (TPSA) is 128 Å². The molecule has 0 bridgehead atoms. The molecule has 0 saturated heterocycles. The molecule has 1 aliphatic rings. The van der Waals surface area contributed by atoms with Crippen LogP contribution in [0.25, 0.3) is 11.1 Å². The van der Waals surface area contributed by atoms with E-state index in [1.807, 2.05) is 30.3 Å². The first kappa shape index (κ1) is 32.0. The maximum Gasteiger partial charge on any atom is 0.410 e. The first-order valence-corrected chi connectivity index (χ1v) is 15.3. The minimum absolute atomic E-state index is 0.113. The van der Waals surface area contributed by atoms with Crippen LogP contribution < -0.4 is 10.1 Å². The van der Waals surface area contributed by atoms with Crippen molar-refractivity contribution in [2.24, 2.45) is 0 Å². The molecule has 2 unspecified atom stereocenters. The van der Waals surface area contributed by atoms with Crippen molar-refractivity contribution >= 4 is 35.4 Å². The van der Waals surface area contributed by atoms with Gasteiger partial charge in [-0.25, -0.2) is 14.4 Å². The number of rotatable bonds is 11. The third kappa shape index (κ3) is 7.22. The molecule has 5 aromatic carbocycles. The number of nitrogens with one attached hydrogen (secondary N) is 1. The number of esters is 1. The molecule has 0 heterocycles. The van der Waals surface area contributed by atoms with E-state index in [9.17, 15) is 24.3 Å². The van der Waals surface area contributed by atoms with Gasteiger partial charge >= 0.3 is 18.0 Å². The zero-order valence-electron chi connectivity index (χ0n) is 25.3. The summed E-state index contributed by atoms with van der Waals surface area (Å²) in [5.74, 6) is -2.74. The first-order chi connectivity index (χ1) is 23.3. The summed E-state index contributed by atoms with van der Waals surface area (Å²) >= 11 is 6.39. The van der Waals surface area contributed by atoms with Crippen molar-refractivity contribution in [1.29, 1.82) is 0 Å². The van der Waals surface area contributed by atoms with Crippen molar-refractivity contribution in [3.05, 3.63) is 160 Å². The Kier molecular flexibility index (Phi) is 9.50. The Morgan fingerprint density at radius 3 is 2.17 bits per heavy atom. The van der Waals surface area contributed by atoms with Crippen molar-refractivity contribution in [3.63, 3.8) is 0 Å². The molecule has 0 radical (unpaired) electrons. The Balaban J connectivity index is 1.18. The summed E-state index contributed by atoms with van der Waals surface area (Å²) in [4.78, 5) is 51.6. The average molecular weight is 662 g/mol. The van der Waals surface area contributed by atoms with E-state index in [2.05, 4.69) is 17.4 Å². The summed E-state index contributed by atoms with van der Waals surface area (Å²) in [6.07, 6.45) is -4.02. The summed E-state index contributed by atoms with van der Waals surface area (Å²) in [7, 11) is 0. The summed E-state index contributed by atoms with van der Waals surface area (Å²) in [6, 6.07) is 34.4. The Labute approximate surface area is 280 Å². The largest absolute Gasteiger partial charge is 0.478 e. The van der Waals surface area contributed by atoms with Crippen LogP contribution in [-0.4, -0.2) is 41.3 Å². The summed E-state index contributed by atoms with van der Waals surface area (Å²) in [6.45, 7) is -0.129. The van der Waals surface area contributed by atoms with Gasteiger partial charge in [-0.3, -0.25) is 10.1 Å².